The number of pyridine rings is 1. The number of amides is 3. The number of aromatic nitrogens is 1. The molecule has 2 rings (SSSR count). The van der Waals surface area contributed by atoms with Crippen molar-refractivity contribution in [2.75, 3.05) is 24.9 Å². The van der Waals surface area contributed by atoms with Gasteiger partial charge < -0.3 is 25.2 Å². The van der Waals surface area contributed by atoms with E-state index in [-0.39, 0.29) is 11.8 Å². The van der Waals surface area contributed by atoms with Crippen molar-refractivity contribution in [2.45, 2.75) is 19.4 Å². The number of nitrogens with one attached hydrogen (secondary N) is 3. The second-order valence-electron chi connectivity index (χ2n) is 7.24. The molecule has 2 aromatic rings. The molecule has 0 aliphatic heterocycles. The molecule has 0 spiro atoms. The lowest BCUT2D eigenvalue weighted by Gasteiger charge is -2.20. The fourth-order valence-corrected chi connectivity index (χ4v) is 3.12. The van der Waals surface area contributed by atoms with Gasteiger partial charge in [-0.15, -0.1) is 13.2 Å². The molecule has 1 heterocycles. The SMILES string of the molecule is C=CCC(NC(=O)O)c1cc(-c2ccc(NC(=O)OC)cc2NC(=O)[C@H](C)C=C)cnc1OC. The van der Waals surface area contributed by atoms with Crippen molar-refractivity contribution < 1.29 is 29.0 Å². The van der Waals surface area contributed by atoms with Gasteiger partial charge in [-0.05, 0) is 24.6 Å². The maximum atomic E-state index is 12.6. The van der Waals surface area contributed by atoms with Crippen molar-refractivity contribution in [2.24, 2.45) is 5.92 Å². The van der Waals surface area contributed by atoms with Crippen molar-refractivity contribution in [1.82, 2.24) is 10.3 Å². The van der Waals surface area contributed by atoms with Crippen LogP contribution >= 0.6 is 0 Å². The Kier molecular flexibility index (Phi) is 9.18. The summed E-state index contributed by atoms with van der Waals surface area (Å²) in [6.07, 6.45) is 3.08. The molecule has 0 radical (unpaired) electrons. The molecule has 0 saturated heterocycles. The summed E-state index contributed by atoms with van der Waals surface area (Å²) in [7, 11) is 2.68. The van der Waals surface area contributed by atoms with Crippen LogP contribution < -0.4 is 20.7 Å². The zero-order chi connectivity index (χ0) is 25.3. The van der Waals surface area contributed by atoms with Crippen LogP contribution in [0, 0.1) is 5.92 Å². The van der Waals surface area contributed by atoms with Gasteiger partial charge in [0.15, 0.2) is 0 Å². The largest absolute Gasteiger partial charge is 0.481 e. The fourth-order valence-electron chi connectivity index (χ4n) is 3.12. The van der Waals surface area contributed by atoms with Crippen LogP contribution in [-0.2, 0) is 9.53 Å². The summed E-state index contributed by atoms with van der Waals surface area (Å²) < 4.78 is 9.97. The molecule has 0 fully saturated rings. The minimum atomic E-state index is -1.20. The normalized spacial score (nSPS) is 12.0. The van der Waals surface area contributed by atoms with Gasteiger partial charge in [0.25, 0.3) is 0 Å². The van der Waals surface area contributed by atoms with E-state index >= 15 is 0 Å². The number of rotatable bonds is 10. The molecule has 34 heavy (non-hydrogen) atoms. The molecule has 1 aromatic carbocycles. The van der Waals surface area contributed by atoms with Crippen molar-refractivity contribution in [3.05, 3.63) is 61.3 Å². The third kappa shape index (κ3) is 6.58. The van der Waals surface area contributed by atoms with E-state index in [4.69, 9.17) is 4.74 Å². The van der Waals surface area contributed by atoms with E-state index in [1.54, 1.807) is 43.5 Å². The molecule has 0 saturated carbocycles. The van der Waals surface area contributed by atoms with Crippen molar-refractivity contribution in [1.29, 1.82) is 0 Å². The highest BCUT2D eigenvalue weighted by Gasteiger charge is 2.21. The van der Waals surface area contributed by atoms with Gasteiger partial charge in [-0.25, -0.2) is 14.6 Å². The minimum Gasteiger partial charge on any atom is -0.481 e. The second-order valence-corrected chi connectivity index (χ2v) is 7.24. The third-order valence-electron chi connectivity index (χ3n) is 4.94. The lowest BCUT2D eigenvalue weighted by Crippen LogP contribution is -2.27. The lowest BCUT2D eigenvalue weighted by atomic mass is 9.98. The predicted molar refractivity (Wildman–Crippen MR) is 129 cm³/mol. The summed E-state index contributed by atoms with van der Waals surface area (Å²) in [6, 6.07) is 5.99. The first-order valence-corrected chi connectivity index (χ1v) is 10.3. The quantitative estimate of drug-likeness (QED) is 0.374. The molecule has 3 amide bonds. The molecule has 4 N–H and O–H groups in total. The summed E-state index contributed by atoms with van der Waals surface area (Å²) in [5, 5.41) is 17.1. The lowest BCUT2D eigenvalue weighted by molar-refractivity contribution is -0.118. The minimum absolute atomic E-state index is 0.249. The van der Waals surface area contributed by atoms with E-state index < -0.39 is 24.1 Å². The zero-order valence-electron chi connectivity index (χ0n) is 19.3. The van der Waals surface area contributed by atoms with Gasteiger partial charge in [-0.2, -0.15) is 0 Å². The Labute approximate surface area is 197 Å². The molecule has 0 aliphatic carbocycles. The van der Waals surface area contributed by atoms with E-state index in [0.29, 0.717) is 34.5 Å². The van der Waals surface area contributed by atoms with Gasteiger partial charge in [0, 0.05) is 28.6 Å². The summed E-state index contributed by atoms with van der Waals surface area (Å²) >= 11 is 0. The molecule has 2 atom stereocenters. The Morgan fingerprint density at radius 1 is 1.18 bits per heavy atom. The zero-order valence-corrected chi connectivity index (χ0v) is 19.3. The molecule has 0 bridgehead atoms. The summed E-state index contributed by atoms with van der Waals surface area (Å²) in [4.78, 5) is 39.9. The Morgan fingerprint density at radius 2 is 1.91 bits per heavy atom. The summed E-state index contributed by atoms with van der Waals surface area (Å²) in [5.74, 6) is -0.518. The van der Waals surface area contributed by atoms with E-state index in [0.717, 1.165) is 0 Å². The van der Waals surface area contributed by atoms with E-state index in [1.807, 2.05) is 0 Å². The van der Waals surface area contributed by atoms with Crippen LogP contribution in [0.4, 0.5) is 21.0 Å². The molecule has 10 nitrogen and oxygen atoms in total. The maximum Gasteiger partial charge on any atom is 0.411 e. The monoisotopic (exact) mass is 468 g/mol. The van der Waals surface area contributed by atoms with Crippen molar-refractivity contribution >= 4 is 29.5 Å². The molecule has 0 aliphatic rings. The highest BCUT2D eigenvalue weighted by Crippen LogP contribution is 2.35. The molecule has 1 aromatic heterocycles. The van der Waals surface area contributed by atoms with Crippen LogP contribution in [0.25, 0.3) is 11.1 Å². The van der Waals surface area contributed by atoms with Crippen LogP contribution in [-0.4, -0.2) is 42.4 Å². The van der Waals surface area contributed by atoms with Gasteiger partial charge >= 0.3 is 12.2 Å². The number of hydrogen-bond acceptors (Lipinski definition) is 6. The number of ether oxygens (including phenoxy) is 2. The molecule has 1 unspecified atom stereocenters. The third-order valence-corrected chi connectivity index (χ3v) is 4.94. The number of methoxy groups -OCH3 is 2. The van der Waals surface area contributed by atoms with Gasteiger partial charge in [-0.1, -0.05) is 25.1 Å². The van der Waals surface area contributed by atoms with Crippen LogP contribution in [0.2, 0.25) is 0 Å². The Hall–Kier alpha value is -4.34. The molecular formula is C24H28N4O6. The van der Waals surface area contributed by atoms with Crippen LogP contribution in [0.1, 0.15) is 24.9 Å². The van der Waals surface area contributed by atoms with Crippen LogP contribution in [0.3, 0.4) is 0 Å². The number of carbonyl (C=O) groups is 3. The van der Waals surface area contributed by atoms with E-state index in [9.17, 15) is 19.5 Å². The van der Waals surface area contributed by atoms with Gasteiger partial charge in [-0.3, -0.25) is 10.1 Å². The fraction of sp³-hybridized carbons (Fsp3) is 0.250. The molecule has 180 valence electrons. The first kappa shape index (κ1) is 25.9. The summed E-state index contributed by atoms with van der Waals surface area (Å²) in [5.41, 5.74) is 2.47. The number of hydrogen-bond donors (Lipinski definition) is 4. The average Bonchev–Trinajstić information content (AvgIpc) is 2.82. The topological polar surface area (TPSA) is 139 Å². The summed E-state index contributed by atoms with van der Waals surface area (Å²) in [6.45, 7) is 9.03. The number of carbonyl (C=O) groups excluding carboxylic acids is 2. The van der Waals surface area contributed by atoms with E-state index in [2.05, 4.69) is 38.8 Å². The van der Waals surface area contributed by atoms with Crippen LogP contribution in [0.5, 0.6) is 5.88 Å². The van der Waals surface area contributed by atoms with Gasteiger partial charge in [0.05, 0.1) is 31.9 Å². The highest BCUT2D eigenvalue weighted by molar-refractivity contribution is 5.99. The highest BCUT2D eigenvalue weighted by atomic mass is 16.5. The molecule has 10 heteroatoms. The van der Waals surface area contributed by atoms with Gasteiger partial charge in [0.1, 0.15) is 0 Å². The number of benzene rings is 1. The Morgan fingerprint density at radius 3 is 2.50 bits per heavy atom. The molecular weight excluding hydrogens is 440 g/mol. The number of anilines is 2. The second kappa shape index (κ2) is 12.0. The standard InChI is InChI=1S/C24H28N4O6/c1-6-8-19(28-23(30)31)18-11-15(13-25-22(18)33-4)17-10-9-16(26-24(32)34-5)12-20(17)27-21(29)14(3)7-2/h6-7,9-14,19,28H,1-2,8H2,3-5H3,(H,26,32)(H,27,29)(H,30,31)/t14-,19?/m1/s1. The maximum absolute atomic E-state index is 12.6. The predicted octanol–water partition coefficient (Wildman–Crippen LogP) is 4.58. The number of nitrogens with zero attached hydrogens (tertiary/aromatic N) is 1. The van der Waals surface area contributed by atoms with Crippen molar-refractivity contribution in [3.63, 3.8) is 0 Å². The first-order chi connectivity index (χ1) is 16.2. The van der Waals surface area contributed by atoms with Gasteiger partial charge in [0.2, 0.25) is 11.8 Å². The Balaban J connectivity index is 2.61. The Bertz CT molecular complexity index is 1090. The first-order valence-electron chi connectivity index (χ1n) is 10.3. The number of carboxylic acid groups (broad SMARTS) is 1. The smallest absolute Gasteiger partial charge is 0.411 e. The van der Waals surface area contributed by atoms with E-state index in [1.165, 1.54) is 20.3 Å². The van der Waals surface area contributed by atoms with Crippen LogP contribution in [0.15, 0.2) is 55.8 Å². The average molecular weight is 469 g/mol. The van der Waals surface area contributed by atoms with Crippen molar-refractivity contribution in [3.8, 4) is 17.0 Å².